The third-order valence-corrected chi connectivity index (χ3v) is 5.50. The number of carboxylic acid groups (broad SMARTS) is 1. The van der Waals surface area contributed by atoms with Crippen molar-refractivity contribution in [3.8, 4) is 11.5 Å². The van der Waals surface area contributed by atoms with Crippen LogP contribution in [0.25, 0.3) is 0 Å². The summed E-state index contributed by atoms with van der Waals surface area (Å²) in [6.45, 7) is 8.31. The number of carbonyl (C=O) groups excluding carboxylic acids is 1. The van der Waals surface area contributed by atoms with Crippen molar-refractivity contribution < 1.29 is 33.6 Å². The minimum atomic E-state index is -0.982. The monoisotopic (exact) mass is 501 g/mol. The first-order valence-corrected chi connectivity index (χ1v) is 12.6. The summed E-state index contributed by atoms with van der Waals surface area (Å²) in [5.74, 6) is 0.136. The van der Waals surface area contributed by atoms with Gasteiger partial charge in [0.25, 0.3) is 0 Å². The van der Waals surface area contributed by atoms with E-state index in [1.807, 2.05) is 31.2 Å². The van der Waals surface area contributed by atoms with Crippen LogP contribution >= 0.6 is 0 Å². The summed E-state index contributed by atoms with van der Waals surface area (Å²) < 4.78 is 22.3. The summed E-state index contributed by atoms with van der Waals surface area (Å²) in [6, 6.07) is 14.5. The molecule has 0 aromatic heterocycles. The number of aliphatic carboxylic acids is 1. The lowest BCUT2D eigenvalue weighted by molar-refractivity contribution is -0.149. The lowest BCUT2D eigenvalue weighted by atomic mass is 10.1. The highest BCUT2D eigenvalue weighted by Crippen LogP contribution is 2.16. The molecule has 0 spiro atoms. The van der Waals surface area contributed by atoms with Gasteiger partial charge in [0.15, 0.2) is 6.10 Å². The summed E-state index contributed by atoms with van der Waals surface area (Å²) in [5, 5.41) is 9.25. The minimum Gasteiger partial charge on any atom is -0.492 e. The van der Waals surface area contributed by atoms with Gasteiger partial charge in [-0.25, -0.2) is 9.59 Å². The van der Waals surface area contributed by atoms with Gasteiger partial charge in [0.2, 0.25) is 0 Å². The molecule has 1 atom stereocenters. The smallest absolute Gasteiger partial charge is 0.415 e. The second-order valence-electron chi connectivity index (χ2n) is 8.47. The maximum Gasteiger partial charge on any atom is 0.415 e. The van der Waals surface area contributed by atoms with Crippen LogP contribution in [0.2, 0.25) is 0 Å². The van der Waals surface area contributed by atoms with Gasteiger partial charge in [-0.15, -0.1) is 0 Å². The lowest BCUT2D eigenvalue weighted by Crippen LogP contribution is -2.39. The molecular weight excluding hydrogens is 462 g/mol. The van der Waals surface area contributed by atoms with E-state index in [9.17, 15) is 14.7 Å². The van der Waals surface area contributed by atoms with Crippen LogP contribution in [0.3, 0.4) is 0 Å². The number of hydrogen-bond acceptors (Lipinski definition) is 6. The van der Waals surface area contributed by atoms with Crippen LogP contribution in [0.5, 0.6) is 11.5 Å². The van der Waals surface area contributed by atoms with Gasteiger partial charge in [-0.3, -0.25) is 0 Å². The van der Waals surface area contributed by atoms with Crippen LogP contribution in [-0.2, 0) is 20.7 Å². The van der Waals surface area contributed by atoms with E-state index in [4.69, 9.17) is 18.9 Å². The van der Waals surface area contributed by atoms with Gasteiger partial charge >= 0.3 is 12.1 Å². The van der Waals surface area contributed by atoms with Gasteiger partial charge < -0.3 is 29.0 Å². The van der Waals surface area contributed by atoms with Gasteiger partial charge in [0, 0.05) is 26.2 Å². The Morgan fingerprint density at radius 3 is 2.19 bits per heavy atom. The number of rotatable bonds is 17. The van der Waals surface area contributed by atoms with Gasteiger partial charge in [-0.2, -0.15) is 0 Å². The Labute approximate surface area is 214 Å². The molecule has 0 saturated heterocycles. The van der Waals surface area contributed by atoms with Crippen molar-refractivity contribution in [3.63, 3.8) is 0 Å². The summed E-state index contributed by atoms with van der Waals surface area (Å²) in [6.07, 6.45) is 2.20. The number of carboxylic acids is 1. The van der Waals surface area contributed by atoms with E-state index in [1.54, 1.807) is 36.1 Å². The highest BCUT2D eigenvalue weighted by atomic mass is 16.6. The van der Waals surface area contributed by atoms with Crippen molar-refractivity contribution in [3.05, 3.63) is 59.7 Å². The number of ether oxygens (including phenoxy) is 4. The Bertz CT molecular complexity index is 899. The van der Waals surface area contributed by atoms with E-state index in [0.717, 1.165) is 30.4 Å². The highest BCUT2D eigenvalue weighted by Gasteiger charge is 2.18. The highest BCUT2D eigenvalue weighted by molar-refractivity contribution is 5.72. The molecule has 2 rings (SSSR count). The number of aryl methyl sites for hydroxylation is 1. The summed E-state index contributed by atoms with van der Waals surface area (Å²) in [4.78, 5) is 25.7. The molecule has 198 valence electrons. The molecule has 0 heterocycles. The largest absolute Gasteiger partial charge is 0.492 e. The van der Waals surface area contributed by atoms with E-state index < -0.39 is 18.2 Å². The third kappa shape index (κ3) is 11.1. The molecule has 1 unspecified atom stereocenters. The van der Waals surface area contributed by atoms with E-state index in [1.165, 1.54) is 0 Å². The van der Waals surface area contributed by atoms with Crippen molar-refractivity contribution in [2.24, 2.45) is 0 Å². The predicted molar refractivity (Wildman–Crippen MR) is 138 cm³/mol. The Morgan fingerprint density at radius 2 is 1.56 bits per heavy atom. The molecule has 1 N–H and O–H groups in total. The molecular formula is C28H39NO7. The maximum atomic E-state index is 12.8. The molecule has 8 heteroatoms. The average molecular weight is 502 g/mol. The van der Waals surface area contributed by atoms with Gasteiger partial charge in [0.1, 0.15) is 18.1 Å². The van der Waals surface area contributed by atoms with Crippen LogP contribution in [0.1, 0.15) is 44.2 Å². The van der Waals surface area contributed by atoms with Gasteiger partial charge in [-0.05, 0) is 50.1 Å². The van der Waals surface area contributed by atoms with Crippen LogP contribution in [0.15, 0.2) is 48.5 Å². The number of nitrogens with zero attached hydrogens (tertiary/aromatic N) is 1. The number of hydrogen-bond donors (Lipinski definition) is 1. The average Bonchev–Trinajstić information content (AvgIpc) is 2.87. The topological polar surface area (TPSA) is 94.5 Å². The Balaban J connectivity index is 1.88. The van der Waals surface area contributed by atoms with Gasteiger partial charge in [0.05, 0.1) is 13.2 Å². The zero-order valence-corrected chi connectivity index (χ0v) is 21.6. The third-order valence-electron chi connectivity index (χ3n) is 5.50. The molecule has 0 aliphatic carbocycles. The molecule has 2 aromatic rings. The van der Waals surface area contributed by atoms with Crippen LogP contribution in [0, 0.1) is 6.92 Å². The van der Waals surface area contributed by atoms with E-state index >= 15 is 0 Å². The maximum absolute atomic E-state index is 12.8. The van der Waals surface area contributed by atoms with Crippen molar-refractivity contribution in [2.45, 2.75) is 52.6 Å². The normalized spacial score (nSPS) is 11.6. The predicted octanol–water partition coefficient (Wildman–Crippen LogP) is 5.11. The molecule has 0 saturated carbocycles. The van der Waals surface area contributed by atoms with Gasteiger partial charge in [-0.1, -0.05) is 49.6 Å². The fourth-order valence-corrected chi connectivity index (χ4v) is 3.43. The fourth-order valence-electron chi connectivity index (χ4n) is 3.43. The van der Waals surface area contributed by atoms with E-state index in [2.05, 4.69) is 6.92 Å². The molecule has 1 amide bonds. The quantitative estimate of drug-likeness (QED) is 0.301. The zero-order valence-electron chi connectivity index (χ0n) is 21.6. The van der Waals surface area contributed by atoms with Crippen LogP contribution < -0.4 is 9.47 Å². The Hall–Kier alpha value is -3.10. The number of amides is 1. The number of carbonyl (C=O) groups is 2. The molecule has 0 radical (unpaired) electrons. The fraction of sp³-hybridized carbons (Fsp3) is 0.500. The van der Waals surface area contributed by atoms with Crippen LogP contribution in [0.4, 0.5) is 4.79 Å². The van der Waals surface area contributed by atoms with Crippen molar-refractivity contribution >= 4 is 12.1 Å². The first-order chi connectivity index (χ1) is 17.4. The number of unbranched alkanes of at least 4 members (excludes halogenated alkanes) is 2. The SMILES string of the molecule is CCCCCOCCN(CCOc1ccc(CC(OCC)C(=O)O)cc1)C(=O)Oc1ccc(C)cc1. The number of benzene rings is 2. The molecule has 0 aliphatic heterocycles. The standard InChI is InChI=1S/C28H39NO7/c1-4-6-7-18-33-19-16-29(28(32)36-25-12-8-22(3)9-13-25)17-20-35-24-14-10-23(11-15-24)21-26(27(30)31)34-5-2/h8-15,26H,4-7,16-21H2,1-3H3,(H,30,31). The second-order valence-corrected chi connectivity index (χ2v) is 8.47. The zero-order chi connectivity index (χ0) is 26.2. The summed E-state index contributed by atoms with van der Waals surface area (Å²) in [5.41, 5.74) is 1.93. The van der Waals surface area contributed by atoms with Crippen molar-refractivity contribution in [1.29, 1.82) is 0 Å². The Kier molecular flexibility index (Phi) is 13.4. The van der Waals surface area contributed by atoms with E-state index in [-0.39, 0.29) is 13.0 Å². The summed E-state index contributed by atoms with van der Waals surface area (Å²) >= 11 is 0. The molecule has 2 aromatic carbocycles. The molecule has 0 aliphatic rings. The first kappa shape index (κ1) is 29.1. The van der Waals surface area contributed by atoms with Crippen molar-refractivity contribution in [2.75, 3.05) is 39.5 Å². The lowest BCUT2D eigenvalue weighted by Gasteiger charge is -2.22. The van der Waals surface area contributed by atoms with Crippen molar-refractivity contribution in [1.82, 2.24) is 4.90 Å². The minimum absolute atomic E-state index is 0.273. The molecule has 36 heavy (non-hydrogen) atoms. The second kappa shape index (κ2) is 16.5. The Morgan fingerprint density at radius 1 is 0.889 bits per heavy atom. The first-order valence-electron chi connectivity index (χ1n) is 12.6. The molecule has 0 bridgehead atoms. The summed E-state index contributed by atoms with van der Waals surface area (Å²) in [7, 11) is 0. The molecule has 8 nitrogen and oxygen atoms in total. The molecule has 0 fully saturated rings. The van der Waals surface area contributed by atoms with Crippen LogP contribution in [-0.4, -0.2) is 67.7 Å². The van der Waals surface area contributed by atoms with E-state index in [0.29, 0.717) is 44.4 Å².